The molecule has 0 saturated heterocycles. The van der Waals surface area contributed by atoms with Crippen molar-refractivity contribution in [2.24, 2.45) is 5.10 Å². The van der Waals surface area contributed by atoms with Crippen molar-refractivity contribution in [2.75, 3.05) is 27.1 Å². The van der Waals surface area contributed by atoms with Crippen molar-refractivity contribution in [1.82, 2.24) is 20.2 Å². The van der Waals surface area contributed by atoms with E-state index in [1.165, 1.54) is 25.1 Å². The molecule has 10 nitrogen and oxygen atoms in total. The van der Waals surface area contributed by atoms with Crippen molar-refractivity contribution < 1.29 is 24.1 Å². The lowest BCUT2D eigenvalue weighted by Gasteiger charge is -2.10. The standard InChI is InChI=1S/C22H24BrN5O5S/c1-5-28-21(14-6-7-16(31-2)17(10-14)32-3)26-27-22(28)34-12-19(29)25-24-11-13-8-15(23)20(30)18(9-13)33-4/h6-11,30H,5,12H2,1-4H3,(H,25,29)/b24-11+. The van der Waals surface area contributed by atoms with Gasteiger partial charge in [-0.3, -0.25) is 4.79 Å². The number of aromatic nitrogens is 3. The molecule has 0 aliphatic heterocycles. The van der Waals surface area contributed by atoms with Gasteiger partial charge < -0.3 is 23.9 Å². The summed E-state index contributed by atoms with van der Waals surface area (Å²) >= 11 is 4.50. The van der Waals surface area contributed by atoms with Crippen LogP contribution in [0, 0.1) is 0 Å². The summed E-state index contributed by atoms with van der Waals surface area (Å²) in [5.74, 6) is 1.97. The van der Waals surface area contributed by atoms with Gasteiger partial charge in [-0.2, -0.15) is 5.10 Å². The number of carbonyl (C=O) groups is 1. The number of nitrogens with zero attached hydrogens (tertiary/aromatic N) is 4. The van der Waals surface area contributed by atoms with Crippen LogP contribution in [0.1, 0.15) is 12.5 Å². The van der Waals surface area contributed by atoms with Crippen LogP contribution in [-0.4, -0.2) is 59.1 Å². The summed E-state index contributed by atoms with van der Waals surface area (Å²) < 4.78 is 18.1. The second-order valence-electron chi connectivity index (χ2n) is 6.76. The predicted octanol–water partition coefficient (Wildman–Crippen LogP) is 3.70. The molecule has 1 amide bonds. The fourth-order valence-electron chi connectivity index (χ4n) is 3.03. The average Bonchev–Trinajstić information content (AvgIpc) is 3.27. The van der Waals surface area contributed by atoms with Gasteiger partial charge in [0.25, 0.3) is 5.91 Å². The Morgan fingerprint density at radius 3 is 2.56 bits per heavy atom. The van der Waals surface area contributed by atoms with Crippen LogP contribution >= 0.6 is 27.7 Å². The van der Waals surface area contributed by atoms with Gasteiger partial charge in [-0.05, 0) is 58.7 Å². The molecule has 0 aliphatic rings. The number of phenolic OH excluding ortho intramolecular Hbond substituents is 1. The van der Waals surface area contributed by atoms with E-state index in [4.69, 9.17) is 14.2 Å². The summed E-state index contributed by atoms with van der Waals surface area (Å²) in [6, 6.07) is 8.78. The Morgan fingerprint density at radius 1 is 1.15 bits per heavy atom. The zero-order valence-corrected chi connectivity index (χ0v) is 21.4. The predicted molar refractivity (Wildman–Crippen MR) is 133 cm³/mol. The van der Waals surface area contributed by atoms with Crippen LogP contribution in [0.4, 0.5) is 0 Å². The van der Waals surface area contributed by atoms with Crippen molar-refractivity contribution in [1.29, 1.82) is 0 Å². The zero-order chi connectivity index (χ0) is 24.7. The first-order valence-corrected chi connectivity index (χ1v) is 11.9. The minimum Gasteiger partial charge on any atom is -0.503 e. The molecule has 0 bridgehead atoms. The smallest absolute Gasteiger partial charge is 0.250 e. The number of carbonyl (C=O) groups excluding carboxylic acids is 1. The van der Waals surface area contributed by atoms with Gasteiger partial charge in [0, 0.05) is 12.1 Å². The number of nitrogens with one attached hydrogen (secondary N) is 1. The normalized spacial score (nSPS) is 11.0. The first-order valence-electron chi connectivity index (χ1n) is 10.1. The number of halogens is 1. The van der Waals surface area contributed by atoms with Crippen molar-refractivity contribution in [3.8, 4) is 34.4 Å². The van der Waals surface area contributed by atoms with E-state index in [0.717, 1.165) is 5.56 Å². The number of amides is 1. The van der Waals surface area contributed by atoms with Gasteiger partial charge in [-0.15, -0.1) is 10.2 Å². The third-order valence-corrected chi connectivity index (χ3v) is 6.25. The molecular weight excluding hydrogens is 526 g/mol. The van der Waals surface area contributed by atoms with Crippen LogP contribution in [0.5, 0.6) is 23.0 Å². The van der Waals surface area contributed by atoms with Crippen molar-refractivity contribution in [3.63, 3.8) is 0 Å². The van der Waals surface area contributed by atoms with E-state index in [1.807, 2.05) is 29.7 Å². The number of benzene rings is 2. The largest absolute Gasteiger partial charge is 0.503 e. The first-order chi connectivity index (χ1) is 16.4. The number of phenols is 1. The maximum absolute atomic E-state index is 12.3. The average molecular weight is 550 g/mol. The maximum atomic E-state index is 12.3. The lowest BCUT2D eigenvalue weighted by Crippen LogP contribution is -2.20. The van der Waals surface area contributed by atoms with E-state index < -0.39 is 0 Å². The Hall–Kier alpha value is -3.25. The van der Waals surface area contributed by atoms with Gasteiger partial charge in [-0.1, -0.05) is 11.8 Å². The quantitative estimate of drug-likeness (QED) is 0.223. The molecule has 0 aliphatic carbocycles. The number of aromatic hydroxyl groups is 1. The van der Waals surface area contributed by atoms with Crippen molar-refractivity contribution in [3.05, 3.63) is 40.4 Å². The van der Waals surface area contributed by atoms with Crippen LogP contribution < -0.4 is 19.6 Å². The Kier molecular flexibility index (Phi) is 8.77. The Morgan fingerprint density at radius 2 is 1.88 bits per heavy atom. The number of rotatable bonds is 10. The van der Waals surface area contributed by atoms with E-state index in [1.54, 1.807) is 26.4 Å². The van der Waals surface area contributed by atoms with E-state index in [-0.39, 0.29) is 17.4 Å². The highest BCUT2D eigenvalue weighted by Gasteiger charge is 2.16. The summed E-state index contributed by atoms with van der Waals surface area (Å²) in [6.45, 7) is 2.60. The van der Waals surface area contributed by atoms with Gasteiger partial charge in [0.15, 0.2) is 34.0 Å². The summed E-state index contributed by atoms with van der Waals surface area (Å²) in [7, 11) is 4.61. The molecular formula is C22H24BrN5O5S. The van der Waals surface area contributed by atoms with Crippen LogP contribution in [0.15, 0.2) is 45.1 Å². The number of hydrazone groups is 1. The summed E-state index contributed by atoms with van der Waals surface area (Å²) in [5, 5.41) is 23.0. The SMILES string of the molecule is CCn1c(SCC(=O)N/N=C/c2cc(Br)c(O)c(OC)c2)nnc1-c1ccc(OC)c(OC)c1. The molecule has 0 radical (unpaired) electrons. The van der Waals surface area contributed by atoms with Crippen LogP contribution in [0.3, 0.4) is 0 Å². The highest BCUT2D eigenvalue weighted by Crippen LogP contribution is 2.35. The first kappa shape index (κ1) is 25.4. The molecule has 0 atom stereocenters. The molecule has 2 aromatic carbocycles. The second kappa shape index (κ2) is 11.7. The Balaban J connectivity index is 1.65. The third kappa shape index (κ3) is 5.81. The third-order valence-electron chi connectivity index (χ3n) is 4.68. The minimum atomic E-state index is -0.302. The molecule has 0 fully saturated rings. The van der Waals surface area contributed by atoms with Crippen molar-refractivity contribution >= 4 is 39.8 Å². The molecule has 0 saturated carbocycles. The highest BCUT2D eigenvalue weighted by molar-refractivity contribution is 9.10. The molecule has 0 spiro atoms. The molecule has 0 unspecified atom stereocenters. The fraction of sp³-hybridized carbons (Fsp3) is 0.273. The molecule has 3 rings (SSSR count). The van der Waals surface area contributed by atoms with Gasteiger partial charge >= 0.3 is 0 Å². The van der Waals surface area contributed by atoms with E-state index in [0.29, 0.717) is 44.8 Å². The Bertz CT molecular complexity index is 1200. The number of hydrogen-bond donors (Lipinski definition) is 2. The van der Waals surface area contributed by atoms with Gasteiger partial charge in [0.05, 0.1) is 37.8 Å². The summed E-state index contributed by atoms with van der Waals surface area (Å²) in [6.07, 6.45) is 1.46. The molecule has 1 aromatic heterocycles. The number of thioether (sulfide) groups is 1. The number of ether oxygens (including phenoxy) is 3. The van der Waals surface area contributed by atoms with E-state index in [2.05, 4.69) is 36.7 Å². The molecule has 34 heavy (non-hydrogen) atoms. The van der Waals surface area contributed by atoms with Crippen molar-refractivity contribution in [2.45, 2.75) is 18.6 Å². The maximum Gasteiger partial charge on any atom is 0.250 e. The molecule has 12 heteroatoms. The monoisotopic (exact) mass is 549 g/mol. The topological polar surface area (TPSA) is 120 Å². The van der Waals surface area contributed by atoms with Crippen LogP contribution in [0.2, 0.25) is 0 Å². The van der Waals surface area contributed by atoms with E-state index >= 15 is 0 Å². The van der Waals surface area contributed by atoms with Gasteiger partial charge in [0.1, 0.15) is 0 Å². The summed E-state index contributed by atoms with van der Waals surface area (Å²) in [4.78, 5) is 12.3. The van der Waals surface area contributed by atoms with Crippen LogP contribution in [-0.2, 0) is 11.3 Å². The summed E-state index contributed by atoms with van der Waals surface area (Å²) in [5.41, 5.74) is 3.94. The lowest BCUT2D eigenvalue weighted by atomic mass is 10.2. The van der Waals surface area contributed by atoms with Gasteiger partial charge in [0.2, 0.25) is 0 Å². The minimum absolute atomic E-state index is 0.00688. The Labute approximate surface area is 209 Å². The molecule has 2 N–H and O–H groups in total. The molecule has 1 heterocycles. The van der Waals surface area contributed by atoms with Gasteiger partial charge in [-0.25, -0.2) is 5.43 Å². The highest BCUT2D eigenvalue weighted by atomic mass is 79.9. The van der Waals surface area contributed by atoms with Crippen LogP contribution in [0.25, 0.3) is 11.4 Å². The molecule has 180 valence electrons. The fourth-order valence-corrected chi connectivity index (χ4v) is 4.29. The molecule has 3 aromatic rings. The van der Waals surface area contributed by atoms with E-state index in [9.17, 15) is 9.90 Å². The number of hydrogen-bond acceptors (Lipinski definition) is 9. The number of methoxy groups -OCH3 is 3. The second-order valence-corrected chi connectivity index (χ2v) is 8.55. The zero-order valence-electron chi connectivity index (χ0n) is 19.0. The lowest BCUT2D eigenvalue weighted by molar-refractivity contribution is -0.118.